The van der Waals surface area contributed by atoms with E-state index in [0.29, 0.717) is 0 Å². The first-order chi connectivity index (χ1) is 12.2. The largest absolute Gasteiger partial charge is 0.352 e. The molecule has 0 aromatic heterocycles. The molecule has 2 fully saturated rings. The van der Waals surface area contributed by atoms with Gasteiger partial charge in [0.05, 0.1) is 0 Å². The molecule has 0 radical (unpaired) electrons. The number of benzene rings is 1. The molecule has 1 N–H and O–H groups in total. The number of piperidine rings is 1. The van der Waals surface area contributed by atoms with E-state index in [1.54, 1.807) is 0 Å². The van der Waals surface area contributed by atoms with Crippen LogP contribution in [0.1, 0.15) is 54.9 Å². The van der Waals surface area contributed by atoms with Gasteiger partial charge in [0, 0.05) is 25.2 Å². The van der Waals surface area contributed by atoms with Crippen molar-refractivity contribution >= 4 is 5.91 Å². The molecule has 1 unspecified atom stereocenters. The summed E-state index contributed by atoms with van der Waals surface area (Å²) in [7, 11) is 0. The number of rotatable bonds is 7. The van der Waals surface area contributed by atoms with Crippen molar-refractivity contribution in [2.24, 2.45) is 5.92 Å². The molecular weight excluding hydrogens is 310 g/mol. The minimum absolute atomic E-state index is 0.0552. The first-order valence-corrected chi connectivity index (χ1v) is 10.0. The summed E-state index contributed by atoms with van der Waals surface area (Å²) in [6.45, 7) is 10.1. The molecule has 138 valence electrons. The molecule has 1 amide bonds. The Morgan fingerprint density at radius 1 is 1.08 bits per heavy atom. The van der Waals surface area contributed by atoms with Gasteiger partial charge >= 0.3 is 0 Å². The maximum absolute atomic E-state index is 12.2. The van der Waals surface area contributed by atoms with Crippen LogP contribution in [-0.4, -0.2) is 55.0 Å². The van der Waals surface area contributed by atoms with Gasteiger partial charge in [-0.15, -0.1) is 0 Å². The van der Waals surface area contributed by atoms with E-state index in [0.717, 1.165) is 37.5 Å². The number of hydrogen-bond donors (Lipinski definition) is 1. The Hall–Kier alpha value is -1.39. The smallest absolute Gasteiger partial charge is 0.251 e. The third-order valence-corrected chi connectivity index (χ3v) is 5.50. The molecule has 1 aromatic rings. The quantitative estimate of drug-likeness (QED) is 0.773. The molecule has 25 heavy (non-hydrogen) atoms. The zero-order chi connectivity index (χ0) is 17.5. The van der Waals surface area contributed by atoms with Crippen LogP contribution in [0.5, 0.6) is 0 Å². The highest BCUT2D eigenvalue weighted by Crippen LogP contribution is 2.18. The topological polar surface area (TPSA) is 35.6 Å². The van der Waals surface area contributed by atoms with E-state index >= 15 is 0 Å². The number of hydrogen-bond acceptors (Lipinski definition) is 3. The van der Waals surface area contributed by atoms with Gasteiger partial charge in [0.25, 0.3) is 5.91 Å². The van der Waals surface area contributed by atoms with E-state index in [2.05, 4.69) is 34.2 Å². The van der Waals surface area contributed by atoms with Crippen molar-refractivity contribution in [2.75, 3.05) is 39.3 Å². The average molecular weight is 344 g/mol. The minimum atomic E-state index is 0.0552. The second-order valence-electron chi connectivity index (χ2n) is 7.84. The van der Waals surface area contributed by atoms with Crippen molar-refractivity contribution in [2.45, 2.75) is 45.6 Å². The Labute approximate surface area is 152 Å². The lowest BCUT2D eigenvalue weighted by Crippen LogP contribution is -2.33. The molecule has 0 bridgehead atoms. The van der Waals surface area contributed by atoms with Crippen LogP contribution in [0.25, 0.3) is 0 Å². The minimum Gasteiger partial charge on any atom is -0.352 e. The molecule has 4 nitrogen and oxygen atoms in total. The number of amides is 1. The van der Waals surface area contributed by atoms with E-state index in [1.165, 1.54) is 57.4 Å². The molecule has 0 saturated carbocycles. The molecule has 2 saturated heterocycles. The van der Waals surface area contributed by atoms with E-state index in [9.17, 15) is 4.79 Å². The Balaban J connectivity index is 1.39. The maximum atomic E-state index is 12.2. The Kier molecular flexibility index (Phi) is 6.88. The molecule has 1 aromatic carbocycles. The molecule has 4 heteroatoms. The van der Waals surface area contributed by atoms with Crippen molar-refractivity contribution in [3.8, 4) is 0 Å². The number of nitrogens with zero attached hydrogens (tertiary/aromatic N) is 2. The molecular formula is C21H33N3O. The van der Waals surface area contributed by atoms with Crippen LogP contribution < -0.4 is 5.32 Å². The van der Waals surface area contributed by atoms with Crippen molar-refractivity contribution in [3.63, 3.8) is 0 Å². The summed E-state index contributed by atoms with van der Waals surface area (Å²) in [5.74, 6) is 0.860. The molecule has 2 aliphatic rings. The number of nitrogens with one attached hydrogen (secondary N) is 1. The average Bonchev–Trinajstić information content (AvgIpc) is 3.13. The zero-order valence-electron chi connectivity index (χ0n) is 15.7. The van der Waals surface area contributed by atoms with Gasteiger partial charge in [-0.2, -0.15) is 0 Å². The Bertz CT molecular complexity index is 537. The normalized spacial score (nSPS) is 22.2. The van der Waals surface area contributed by atoms with E-state index in [1.807, 2.05) is 12.1 Å². The van der Waals surface area contributed by atoms with Gasteiger partial charge in [-0.25, -0.2) is 0 Å². The molecule has 2 aliphatic heterocycles. The first kappa shape index (κ1) is 18.4. The highest BCUT2D eigenvalue weighted by atomic mass is 16.1. The number of carbonyl (C=O) groups excluding carboxylic acids is 1. The standard InChI is InChI=1S/C21H33N3O/c1-18-6-4-14-24(16-18)17-19-7-9-20(10-8-19)21(25)22-11-5-15-23-12-2-3-13-23/h7-10,18H,2-6,11-17H2,1H3,(H,22,25). The van der Waals surface area contributed by atoms with Gasteiger partial charge in [-0.05, 0) is 81.9 Å². The van der Waals surface area contributed by atoms with Crippen molar-refractivity contribution in [3.05, 3.63) is 35.4 Å². The van der Waals surface area contributed by atoms with E-state index in [-0.39, 0.29) is 5.91 Å². The SMILES string of the molecule is CC1CCCN(Cc2ccc(C(=O)NCCCN3CCCC3)cc2)C1. The second kappa shape index (κ2) is 9.35. The monoisotopic (exact) mass is 343 g/mol. The summed E-state index contributed by atoms with van der Waals surface area (Å²) in [4.78, 5) is 17.3. The molecule has 3 rings (SSSR count). The van der Waals surface area contributed by atoms with Gasteiger partial charge < -0.3 is 10.2 Å². The lowest BCUT2D eigenvalue weighted by Gasteiger charge is -2.30. The summed E-state index contributed by atoms with van der Waals surface area (Å²) in [6.07, 6.45) is 6.35. The summed E-state index contributed by atoms with van der Waals surface area (Å²) in [6, 6.07) is 8.16. The molecule has 2 heterocycles. The number of likely N-dealkylation sites (tertiary alicyclic amines) is 2. The maximum Gasteiger partial charge on any atom is 0.251 e. The lowest BCUT2D eigenvalue weighted by molar-refractivity contribution is 0.0952. The predicted molar refractivity (Wildman–Crippen MR) is 103 cm³/mol. The van der Waals surface area contributed by atoms with Gasteiger partial charge in [-0.1, -0.05) is 19.1 Å². The van der Waals surface area contributed by atoms with Crippen LogP contribution in [0, 0.1) is 5.92 Å². The fourth-order valence-electron chi connectivity index (χ4n) is 4.06. The molecule has 1 atom stereocenters. The first-order valence-electron chi connectivity index (χ1n) is 10.0. The molecule has 0 aliphatic carbocycles. The lowest BCUT2D eigenvalue weighted by atomic mass is 9.99. The summed E-state index contributed by atoms with van der Waals surface area (Å²) >= 11 is 0. The van der Waals surface area contributed by atoms with Crippen LogP contribution in [-0.2, 0) is 6.54 Å². The predicted octanol–water partition coefficient (Wildman–Crippen LogP) is 3.13. The summed E-state index contributed by atoms with van der Waals surface area (Å²) < 4.78 is 0. The third-order valence-electron chi connectivity index (χ3n) is 5.50. The van der Waals surface area contributed by atoms with Crippen LogP contribution in [0.3, 0.4) is 0 Å². The highest BCUT2D eigenvalue weighted by molar-refractivity contribution is 5.94. The van der Waals surface area contributed by atoms with Crippen molar-refractivity contribution in [1.29, 1.82) is 0 Å². The fraction of sp³-hybridized carbons (Fsp3) is 0.667. The molecule has 0 spiro atoms. The summed E-state index contributed by atoms with van der Waals surface area (Å²) in [5.41, 5.74) is 2.08. The Morgan fingerprint density at radius 3 is 2.52 bits per heavy atom. The van der Waals surface area contributed by atoms with Crippen LogP contribution >= 0.6 is 0 Å². The third kappa shape index (κ3) is 5.82. The van der Waals surface area contributed by atoms with Gasteiger partial charge in [-0.3, -0.25) is 9.69 Å². The van der Waals surface area contributed by atoms with Gasteiger partial charge in [0.1, 0.15) is 0 Å². The van der Waals surface area contributed by atoms with Crippen LogP contribution in [0.4, 0.5) is 0 Å². The van der Waals surface area contributed by atoms with Gasteiger partial charge in [0.15, 0.2) is 0 Å². The second-order valence-corrected chi connectivity index (χ2v) is 7.84. The fourth-order valence-corrected chi connectivity index (χ4v) is 4.06. The Morgan fingerprint density at radius 2 is 1.80 bits per heavy atom. The van der Waals surface area contributed by atoms with Gasteiger partial charge in [0.2, 0.25) is 0 Å². The van der Waals surface area contributed by atoms with E-state index < -0.39 is 0 Å². The van der Waals surface area contributed by atoms with Crippen LogP contribution in [0.15, 0.2) is 24.3 Å². The van der Waals surface area contributed by atoms with E-state index in [4.69, 9.17) is 0 Å². The number of carbonyl (C=O) groups is 1. The highest BCUT2D eigenvalue weighted by Gasteiger charge is 2.16. The van der Waals surface area contributed by atoms with Crippen molar-refractivity contribution < 1.29 is 4.79 Å². The van der Waals surface area contributed by atoms with Crippen molar-refractivity contribution in [1.82, 2.24) is 15.1 Å². The summed E-state index contributed by atoms with van der Waals surface area (Å²) in [5, 5.41) is 3.05. The van der Waals surface area contributed by atoms with Crippen LogP contribution in [0.2, 0.25) is 0 Å². The zero-order valence-corrected chi connectivity index (χ0v) is 15.7.